The number of benzene rings is 2. The van der Waals surface area contributed by atoms with Crippen LogP contribution in [-0.2, 0) is 11.2 Å². The lowest BCUT2D eigenvalue weighted by atomic mass is 10.1. The minimum atomic E-state index is -0.272. The number of amides is 1. The van der Waals surface area contributed by atoms with Crippen LogP contribution in [0.4, 0.5) is 6.01 Å². The summed E-state index contributed by atoms with van der Waals surface area (Å²) in [6, 6.07) is 12.2. The summed E-state index contributed by atoms with van der Waals surface area (Å²) in [7, 11) is 0. The number of rotatable bonds is 6. The molecule has 134 valence electrons. The Labute approximate surface area is 160 Å². The Hall–Kier alpha value is -2.57. The van der Waals surface area contributed by atoms with Crippen molar-refractivity contribution in [2.45, 2.75) is 13.3 Å². The summed E-state index contributed by atoms with van der Waals surface area (Å²) in [6.07, 6.45) is 0.172. The molecule has 1 heterocycles. The molecule has 0 aliphatic rings. The molecule has 3 aromatic rings. The van der Waals surface area contributed by atoms with E-state index in [4.69, 9.17) is 32.4 Å². The van der Waals surface area contributed by atoms with E-state index in [9.17, 15) is 4.79 Å². The largest absolute Gasteiger partial charge is 0.494 e. The summed E-state index contributed by atoms with van der Waals surface area (Å²) in [5.41, 5.74) is 1.38. The lowest BCUT2D eigenvalue weighted by molar-refractivity contribution is -0.115. The molecule has 8 heteroatoms. The van der Waals surface area contributed by atoms with Gasteiger partial charge in [0.15, 0.2) is 0 Å². The summed E-state index contributed by atoms with van der Waals surface area (Å²) in [5.74, 6) is 0.688. The highest BCUT2D eigenvalue weighted by molar-refractivity contribution is 6.36. The number of hydrogen-bond acceptors (Lipinski definition) is 5. The third-order valence-corrected chi connectivity index (χ3v) is 3.98. The number of nitrogens with zero attached hydrogens (tertiary/aromatic N) is 2. The van der Waals surface area contributed by atoms with Gasteiger partial charge in [-0.3, -0.25) is 10.1 Å². The molecular formula is C18H15Cl2N3O3. The van der Waals surface area contributed by atoms with Gasteiger partial charge < -0.3 is 9.15 Å². The maximum atomic E-state index is 12.1. The predicted octanol–water partition coefficient (Wildman–Crippen LogP) is 4.62. The van der Waals surface area contributed by atoms with Crippen molar-refractivity contribution in [3.05, 3.63) is 58.1 Å². The molecule has 0 bridgehead atoms. The topological polar surface area (TPSA) is 77.2 Å². The highest BCUT2D eigenvalue weighted by Gasteiger charge is 2.14. The number of carbonyl (C=O) groups is 1. The zero-order valence-corrected chi connectivity index (χ0v) is 15.3. The third kappa shape index (κ3) is 4.53. The Kier molecular flexibility index (Phi) is 5.75. The summed E-state index contributed by atoms with van der Waals surface area (Å²) < 4.78 is 10.8. The first kappa shape index (κ1) is 18.2. The lowest BCUT2D eigenvalue weighted by Crippen LogP contribution is -2.14. The molecule has 1 amide bonds. The van der Waals surface area contributed by atoms with Gasteiger partial charge in [0, 0.05) is 5.02 Å². The van der Waals surface area contributed by atoms with Gasteiger partial charge in [0.2, 0.25) is 5.91 Å². The van der Waals surface area contributed by atoms with E-state index in [1.165, 1.54) is 0 Å². The lowest BCUT2D eigenvalue weighted by Gasteiger charge is -2.04. The van der Waals surface area contributed by atoms with Gasteiger partial charge >= 0.3 is 6.01 Å². The molecule has 0 radical (unpaired) electrons. The molecule has 2 aromatic carbocycles. The average molecular weight is 392 g/mol. The summed E-state index contributed by atoms with van der Waals surface area (Å²) in [4.78, 5) is 12.1. The highest BCUT2D eigenvalue weighted by Crippen LogP contribution is 2.30. The van der Waals surface area contributed by atoms with Crippen LogP contribution < -0.4 is 10.1 Å². The first-order valence-electron chi connectivity index (χ1n) is 7.85. The monoisotopic (exact) mass is 391 g/mol. The number of carbonyl (C=O) groups excluding carboxylic acids is 1. The van der Waals surface area contributed by atoms with Crippen molar-refractivity contribution >= 4 is 35.1 Å². The second-order valence-corrected chi connectivity index (χ2v) is 6.18. The summed E-state index contributed by atoms with van der Waals surface area (Å²) in [6.45, 7) is 2.51. The van der Waals surface area contributed by atoms with E-state index in [0.29, 0.717) is 22.2 Å². The van der Waals surface area contributed by atoms with Crippen molar-refractivity contribution in [3.63, 3.8) is 0 Å². The maximum absolute atomic E-state index is 12.1. The zero-order valence-electron chi connectivity index (χ0n) is 13.8. The predicted molar refractivity (Wildman–Crippen MR) is 99.7 cm³/mol. The Bertz CT molecular complexity index is 910. The van der Waals surface area contributed by atoms with Crippen molar-refractivity contribution in [2.75, 3.05) is 11.9 Å². The van der Waals surface area contributed by atoms with Gasteiger partial charge in [-0.2, -0.15) is 0 Å². The van der Waals surface area contributed by atoms with Gasteiger partial charge in [0.25, 0.3) is 5.89 Å². The Morgan fingerprint density at radius 3 is 2.62 bits per heavy atom. The van der Waals surface area contributed by atoms with E-state index >= 15 is 0 Å². The van der Waals surface area contributed by atoms with Crippen molar-refractivity contribution in [1.82, 2.24) is 10.2 Å². The van der Waals surface area contributed by atoms with E-state index < -0.39 is 0 Å². The first-order valence-corrected chi connectivity index (χ1v) is 8.61. The number of nitrogens with one attached hydrogen (secondary N) is 1. The zero-order chi connectivity index (χ0) is 18.5. The van der Waals surface area contributed by atoms with Crippen LogP contribution in [0.2, 0.25) is 10.0 Å². The second-order valence-electron chi connectivity index (χ2n) is 5.34. The quantitative estimate of drug-likeness (QED) is 0.662. The average Bonchev–Trinajstić information content (AvgIpc) is 3.05. The van der Waals surface area contributed by atoms with Crippen LogP contribution in [0.5, 0.6) is 5.75 Å². The van der Waals surface area contributed by atoms with Gasteiger partial charge in [-0.15, -0.1) is 5.10 Å². The summed E-state index contributed by atoms with van der Waals surface area (Å²) >= 11 is 12.0. The fourth-order valence-corrected chi connectivity index (χ4v) is 2.75. The molecule has 0 aliphatic heterocycles. The van der Waals surface area contributed by atoms with Crippen LogP contribution in [0.25, 0.3) is 11.5 Å². The molecule has 0 atom stereocenters. The molecule has 6 nitrogen and oxygen atoms in total. The number of hydrogen-bond donors (Lipinski definition) is 1. The van der Waals surface area contributed by atoms with Crippen LogP contribution in [0.3, 0.4) is 0 Å². The molecule has 26 heavy (non-hydrogen) atoms. The van der Waals surface area contributed by atoms with E-state index in [-0.39, 0.29) is 24.2 Å². The fraction of sp³-hybridized carbons (Fsp3) is 0.167. The minimum absolute atomic E-state index is 0.00181. The first-order chi connectivity index (χ1) is 12.5. The molecule has 0 saturated carbocycles. The van der Waals surface area contributed by atoms with E-state index in [1.807, 2.05) is 31.2 Å². The van der Waals surface area contributed by atoms with Gasteiger partial charge in [0.1, 0.15) is 5.75 Å². The van der Waals surface area contributed by atoms with Crippen LogP contribution in [0, 0.1) is 0 Å². The van der Waals surface area contributed by atoms with E-state index in [0.717, 1.165) is 11.3 Å². The number of ether oxygens (including phenoxy) is 1. The molecule has 0 unspecified atom stereocenters. The van der Waals surface area contributed by atoms with Crippen molar-refractivity contribution in [2.24, 2.45) is 0 Å². The molecule has 1 aromatic heterocycles. The third-order valence-electron chi connectivity index (χ3n) is 3.43. The van der Waals surface area contributed by atoms with E-state index in [2.05, 4.69) is 15.5 Å². The molecule has 0 spiro atoms. The smallest absolute Gasteiger partial charge is 0.322 e. The number of anilines is 1. The standard InChI is InChI=1S/C18H15Cl2N3O3/c1-2-25-13-6-3-11(4-7-13)9-16(24)21-18-23-22-17(26-18)14-8-5-12(19)10-15(14)20/h3-8,10H,2,9H2,1H3,(H,21,23,24). The van der Waals surface area contributed by atoms with Gasteiger partial charge in [-0.25, -0.2) is 0 Å². The minimum Gasteiger partial charge on any atom is -0.494 e. The normalized spacial score (nSPS) is 10.6. The van der Waals surface area contributed by atoms with Crippen molar-refractivity contribution < 1.29 is 13.9 Å². The molecule has 1 N–H and O–H groups in total. The van der Waals surface area contributed by atoms with Crippen molar-refractivity contribution in [3.8, 4) is 17.2 Å². The van der Waals surface area contributed by atoms with Gasteiger partial charge in [-0.05, 0) is 42.8 Å². The maximum Gasteiger partial charge on any atom is 0.322 e. The molecular weight excluding hydrogens is 377 g/mol. The number of halogens is 2. The molecule has 3 rings (SSSR count). The molecule has 0 aliphatic carbocycles. The van der Waals surface area contributed by atoms with Crippen LogP contribution in [0.1, 0.15) is 12.5 Å². The van der Waals surface area contributed by atoms with Crippen LogP contribution >= 0.6 is 23.2 Å². The number of aromatic nitrogens is 2. The SMILES string of the molecule is CCOc1ccc(CC(=O)Nc2nnc(-c3ccc(Cl)cc3Cl)o2)cc1. The Morgan fingerprint density at radius 1 is 1.15 bits per heavy atom. The summed E-state index contributed by atoms with van der Waals surface area (Å²) in [5, 5.41) is 11.2. The van der Waals surface area contributed by atoms with E-state index in [1.54, 1.807) is 18.2 Å². The van der Waals surface area contributed by atoms with Crippen LogP contribution in [0.15, 0.2) is 46.9 Å². The molecule has 0 fully saturated rings. The van der Waals surface area contributed by atoms with Crippen LogP contribution in [-0.4, -0.2) is 22.7 Å². The Balaban J connectivity index is 1.64. The molecule has 0 saturated heterocycles. The second kappa shape index (κ2) is 8.21. The highest BCUT2D eigenvalue weighted by atomic mass is 35.5. The fourth-order valence-electron chi connectivity index (χ4n) is 2.26. The van der Waals surface area contributed by atoms with Gasteiger partial charge in [0.05, 0.1) is 23.6 Å². The Morgan fingerprint density at radius 2 is 1.92 bits per heavy atom. The van der Waals surface area contributed by atoms with Crippen molar-refractivity contribution in [1.29, 1.82) is 0 Å². The van der Waals surface area contributed by atoms with Gasteiger partial charge in [-0.1, -0.05) is 40.4 Å².